The van der Waals surface area contributed by atoms with Crippen molar-refractivity contribution in [2.75, 3.05) is 13.6 Å². The van der Waals surface area contributed by atoms with E-state index in [1.807, 2.05) is 13.1 Å². The zero-order valence-electron chi connectivity index (χ0n) is 25.4. The van der Waals surface area contributed by atoms with Crippen molar-refractivity contribution in [2.45, 2.75) is 61.7 Å². The van der Waals surface area contributed by atoms with Gasteiger partial charge in [0.05, 0.1) is 4.90 Å². The maximum atomic E-state index is 15.3. The fraction of sp³-hybridized carbons (Fsp3) is 0.371. The quantitative estimate of drug-likeness (QED) is 0.0796. The molecular weight excluding hydrogens is 649 g/mol. The van der Waals surface area contributed by atoms with Gasteiger partial charge in [0.2, 0.25) is 9.84 Å². The molecule has 3 aromatic carbocycles. The molecule has 0 saturated heterocycles. The summed E-state index contributed by atoms with van der Waals surface area (Å²) in [7, 11) is -2.20. The molecule has 3 aromatic rings. The average Bonchev–Trinajstić information content (AvgIpc) is 2.96. The summed E-state index contributed by atoms with van der Waals surface area (Å²) in [5.41, 5.74) is 8.39. The van der Waals surface area contributed by atoms with Crippen molar-refractivity contribution in [3.63, 3.8) is 0 Å². The summed E-state index contributed by atoms with van der Waals surface area (Å²) in [5.74, 6) is -1.53. The Bertz CT molecular complexity index is 1490. The van der Waals surface area contributed by atoms with Crippen molar-refractivity contribution in [1.29, 1.82) is 0 Å². The Balaban J connectivity index is 1.83. The molecule has 0 spiro atoms. The molecule has 2 N–H and O–H groups in total. The van der Waals surface area contributed by atoms with Crippen LogP contribution in [0.4, 0.5) is 13.2 Å². The lowest BCUT2D eigenvalue weighted by Crippen LogP contribution is -2.30. The second-order valence-electron chi connectivity index (χ2n) is 11.4. The molecular formula is C35H42BrF3N2O2S. The zero-order chi connectivity index (χ0) is 32.3. The number of rotatable bonds is 18. The lowest BCUT2D eigenvalue weighted by molar-refractivity contribution is 0.215. The summed E-state index contributed by atoms with van der Waals surface area (Å²) >= 11 is 3.29. The first kappa shape index (κ1) is 35.8. The highest BCUT2D eigenvalue weighted by Gasteiger charge is 2.27. The normalized spacial score (nSPS) is 13.8. The molecule has 0 radical (unpaired) electrons. The van der Waals surface area contributed by atoms with Crippen LogP contribution in [-0.4, -0.2) is 22.0 Å². The Hall–Kier alpha value is -2.72. The summed E-state index contributed by atoms with van der Waals surface area (Å²) in [6, 6.07) is 14.1. The number of hydrogen-bond acceptors (Lipinski definition) is 4. The number of nitrogens with one attached hydrogen (secondary N) is 2. The number of sulfone groups is 1. The molecule has 0 bridgehead atoms. The van der Waals surface area contributed by atoms with Crippen LogP contribution in [0.5, 0.6) is 0 Å². The highest BCUT2D eigenvalue weighted by atomic mass is 79.9. The first-order valence-corrected chi connectivity index (χ1v) is 17.1. The van der Waals surface area contributed by atoms with Gasteiger partial charge in [0.1, 0.15) is 22.3 Å². The van der Waals surface area contributed by atoms with Gasteiger partial charge < -0.3 is 0 Å². The fourth-order valence-corrected chi connectivity index (χ4v) is 7.34. The van der Waals surface area contributed by atoms with E-state index in [1.165, 1.54) is 36.4 Å². The molecule has 0 saturated carbocycles. The van der Waals surface area contributed by atoms with Gasteiger partial charge in [-0.2, -0.15) is 0 Å². The molecule has 0 aromatic heterocycles. The fourth-order valence-electron chi connectivity index (χ4n) is 5.76. The van der Waals surface area contributed by atoms with Crippen LogP contribution >= 0.6 is 15.9 Å². The van der Waals surface area contributed by atoms with E-state index in [1.54, 1.807) is 18.2 Å². The maximum Gasteiger partial charge on any atom is 0.209 e. The number of allylic oxidation sites excluding steroid dienone is 2. The lowest BCUT2D eigenvalue weighted by atomic mass is 9.73. The first-order chi connectivity index (χ1) is 20.9. The largest absolute Gasteiger partial charge is 0.261 e. The van der Waals surface area contributed by atoms with Gasteiger partial charge in [-0.3, -0.25) is 10.9 Å². The van der Waals surface area contributed by atoms with Crippen molar-refractivity contribution in [3.8, 4) is 0 Å². The van der Waals surface area contributed by atoms with Gasteiger partial charge in [0, 0.05) is 17.1 Å². The lowest BCUT2D eigenvalue weighted by Gasteiger charge is -2.32. The average molecular weight is 692 g/mol. The van der Waals surface area contributed by atoms with Crippen LogP contribution in [0.1, 0.15) is 50.2 Å². The number of benzene rings is 3. The standard InChI is InChI=1S/C35H42BrF3N2O2S/c1-5-7-24(2)18-29(25(3)28(8-6-17-41-40-4)19-27-20-31(37)23-32(38)21-27)11-9-26-10-16-35(34(39)22-26)44(42,43)33-14-12-30(36)13-15-33/h5,10,12-16,20-23,25,28-29,40-41H,1-2,6-9,11,17-19H2,3-4H3. The molecule has 0 amide bonds. The second-order valence-corrected chi connectivity index (χ2v) is 14.2. The third kappa shape index (κ3) is 10.4. The summed E-state index contributed by atoms with van der Waals surface area (Å²) in [6.45, 7) is 11.0. The van der Waals surface area contributed by atoms with Crippen molar-refractivity contribution < 1.29 is 21.6 Å². The van der Waals surface area contributed by atoms with Gasteiger partial charge >= 0.3 is 0 Å². The molecule has 3 rings (SSSR count). The van der Waals surface area contributed by atoms with Gasteiger partial charge in [0.25, 0.3) is 0 Å². The molecule has 0 aliphatic rings. The number of halogens is 4. The van der Waals surface area contributed by atoms with Crippen LogP contribution in [0.3, 0.4) is 0 Å². The Morgan fingerprint density at radius 1 is 0.955 bits per heavy atom. The molecule has 3 unspecified atom stereocenters. The summed E-state index contributed by atoms with van der Waals surface area (Å²) in [4.78, 5) is -0.332. The molecule has 4 nitrogen and oxygen atoms in total. The number of hydrazine groups is 1. The third-order valence-electron chi connectivity index (χ3n) is 8.16. The molecule has 0 heterocycles. The van der Waals surface area contributed by atoms with Gasteiger partial charge in [0.15, 0.2) is 0 Å². The third-order valence-corrected chi connectivity index (χ3v) is 10.5. The SMILES string of the molecule is C=CCC(=C)CC(CCc1ccc(S(=O)(=O)c2ccc(Br)cc2)c(F)c1)C(C)C(CCCNNC)Cc1cc(F)cc(F)c1. The maximum absolute atomic E-state index is 15.3. The molecule has 0 aliphatic heterocycles. The van der Waals surface area contributed by atoms with Gasteiger partial charge in [-0.25, -0.2) is 21.6 Å². The van der Waals surface area contributed by atoms with Crippen LogP contribution in [0.15, 0.2) is 99.7 Å². The first-order valence-electron chi connectivity index (χ1n) is 14.9. The van der Waals surface area contributed by atoms with Gasteiger partial charge in [-0.15, -0.1) is 6.58 Å². The number of aryl methyl sites for hydroxylation is 1. The monoisotopic (exact) mass is 690 g/mol. The predicted molar refractivity (Wildman–Crippen MR) is 175 cm³/mol. The Kier molecular flexibility index (Phi) is 13.9. The van der Waals surface area contributed by atoms with E-state index in [4.69, 9.17) is 0 Å². The van der Waals surface area contributed by atoms with E-state index in [9.17, 15) is 17.2 Å². The smallest absolute Gasteiger partial charge is 0.209 e. The van der Waals surface area contributed by atoms with E-state index in [0.717, 1.165) is 41.9 Å². The van der Waals surface area contributed by atoms with Crippen LogP contribution in [0.2, 0.25) is 0 Å². The van der Waals surface area contributed by atoms with E-state index in [2.05, 4.69) is 46.9 Å². The van der Waals surface area contributed by atoms with E-state index in [-0.39, 0.29) is 27.5 Å². The van der Waals surface area contributed by atoms with Crippen LogP contribution in [-0.2, 0) is 22.7 Å². The van der Waals surface area contributed by atoms with Gasteiger partial charge in [-0.1, -0.05) is 47.1 Å². The summed E-state index contributed by atoms with van der Waals surface area (Å²) in [5, 5.41) is 0. The van der Waals surface area contributed by atoms with Gasteiger partial charge in [-0.05, 0) is 129 Å². The van der Waals surface area contributed by atoms with Crippen molar-refractivity contribution in [3.05, 3.63) is 119 Å². The Morgan fingerprint density at radius 2 is 1.64 bits per heavy atom. The molecule has 0 fully saturated rings. The minimum atomic E-state index is -4.01. The topological polar surface area (TPSA) is 58.2 Å². The molecule has 9 heteroatoms. The van der Waals surface area contributed by atoms with Crippen LogP contribution in [0, 0.1) is 35.2 Å². The van der Waals surface area contributed by atoms with E-state index >= 15 is 4.39 Å². The minimum Gasteiger partial charge on any atom is -0.261 e. The van der Waals surface area contributed by atoms with Crippen LogP contribution in [0.25, 0.3) is 0 Å². The predicted octanol–water partition coefficient (Wildman–Crippen LogP) is 8.77. The highest BCUT2D eigenvalue weighted by Crippen LogP contribution is 2.36. The van der Waals surface area contributed by atoms with Crippen molar-refractivity contribution in [2.24, 2.45) is 17.8 Å². The summed E-state index contributed by atoms with van der Waals surface area (Å²) in [6.07, 6.45) is 6.70. The van der Waals surface area contributed by atoms with Crippen molar-refractivity contribution >= 4 is 25.8 Å². The highest BCUT2D eigenvalue weighted by molar-refractivity contribution is 9.10. The van der Waals surface area contributed by atoms with E-state index in [0.29, 0.717) is 36.8 Å². The van der Waals surface area contributed by atoms with Crippen LogP contribution < -0.4 is 10.9 Å². The molecule has 44 heavy (non-hydrogen) atoms. The minimum absolute atomic E-state index is 0.0242. The summed E-state index contributed by atoms with van der Waals surface area (Å²) < 4.78 is 70.3. The number of hydrogen-bond donors (Lipinski definition) is 2. The zero-order valence-corrected chi connectivity index (χ0v) is 27.8. The Morgan fingerprint density at radius 3 is 2.25 bits per heavy atom. The molecule has 238 valence electrons. The Labute approximate surface area is 268 Å². The molecule has 0 aliphatic carbocycles. The second kappa shape index (κ2) is 17.1. The van der Waals surface area contributed by atoms with E-state index < -0.39 is 27.3 Å². The molecule has 3 atom stereocenters. The van der Waals surface area contributed by atoms with Crippen molar-refractivity contribution in [1.82, 2.24) is 10.9 Å².